The minimum absolute atomic E-state index is 0.259. The summed E-state index contributed by atoms with van der Waals surface area (Å²) in [6.45, 7) is 1.62. The lowest BCUT2D eigenvalue weighted by atomic mass is 10.1. The van der Waals surface area contributed by atoms with Gasteiger partial charge in [0.1, 0.15) is 5.78 Å². The van der Waals surface area contributed by atoms with Gasteiger partial charge in [0.15, 0.2) is 0 Å². The Hall–Kier alpha value is -0.900. The molecule has 0 radical (unpaired) electrons. The highest BCUT2D eigenvalue weighted by Gasteiger charge is 1.98. The van der Waals surface area contributed by atoms with Crippen LogP contribution >= 0.6 is 0 Å². The number of unbranched alkanes of at least 4 members (excludes halogenated alkanes) is 5. The van der Waals surface area contributed by atoms with Gasteiger partial charge in [-0.2, -0.15) is 0 Å². The molecule has 0 saturated heterocycles. The second-order valence-corrected chi connectivity index (χ2v) is 3.86. The third kappa shape index (κ3) is 11.0. The largest absolute Gasteiger partial charge is 0.300 e. The molecule has 0 heterocycles. The molecule has 1 amide bonds. The molecule has 0 saturated carbocycles. The Bertz CT molecular complexity index is 192. The lowest BCUT2D eigenvalue weighted by Gasteiger charge is -2.00. The van der Waals surface area contributed by atoms with Crippen LogP contribution in [0, 0.1) is 0 Å². The maximum Gasteiger partial charge on any atom is 0.243 e. The molecule has 15 heavy (non-hydrogen) atoms. The van der Waals surface area contributed by atoms with Gasteiger partial charge >= 0.3 is 0 Å². The summed E-state index contributed by atoms with van der Waals surface area (Å²) in [6.07, 6.45) is 7.19. The molecule has 4 nitrogen and oxygen atoms in total. The first-order valence-electron chi connectivity index (χ1n) is 5.59. The molecule has 0 aliphatic carbocycles. The number of nitrogens with one attached hydrogen (secondary N) is 1. The van der Waals surface area contributed by atoms with Gasteiger partial charge in [-0.05, 0) is 19.8 Å². The summed E-state index contributed by atoms with van der Waals surface area (Å²) < 4.78 is 0. The molecule has 0 aromatic heterocycles. The number of rotatable bonds is 9. The van der Waals surface area contributed by atoms with Gasteiger partial charge in [0.05, 0.1) is 0 Å². The summed E-state index contributed by atoms with van der Waals surface area (Å²) >= 11 is 0. The molecule has 0 unspecified atom stereocenters. The molecule has 0 atom stereocenters. The van der Waals surface area contributed by atoms with Gasteiger partial charge in [-0.15, -0.1) is 0 Å². The molecule has 88 valence electrons. The maximum absolute atomic E-state index is 10.6. The average molecular weight is 215 g/mol. The SMILES string of the molecule is CC(=O)CCCCCCCCC(=O)NO. The van der Waals surface area contributed by atoms with Gasteiger partial charge in [0, 0.05) is 12.8 Å². The first-order valence-corrected chi connectivity index (χ1v) is 5.59. The van der Waals surface area contributed by atoms with E-state index in [4.69, 9.17) is 5.21 Å². The Labute approximate surface area is 91.0 Å². The van der Waals surface area contributed by atoms with Crippen LogP contribution in [0.15, 0.2) is 0 Å². The Balaban J connectivity index is 3.05. The number of hydroxylamine groups is 1. The number of Topliss-reactive ketones (excluding diaryl/α,β-unsaturated/α-hetero) is 1. The topological polar surface area (TPSA) is 66.4 Å². The molecular formula is C11H21NO3. The summed E-state index contributed by atoms with van der Waals surface area (Å²) in [5.74, 6) is -0.0544. The molecule has 0 rings (SSSR count). The normalized spacial score (nSPS) is 10.0. The molecule has 0 bridgehead atoms. The van der Waals surface area contributed by atoms with Gasteiger partial charge in [0.25, 0.3) is 0 Å². The van der Waals surface area contributed by atoms with Crippen molar-refractivity contribution in [3.63, 3.8) is 0 Å². The van der Waals surface area contributed by atoms with Crippen LogP contribution in [0.2, 0.25) is 0 Å². The number of amides is 1. The number of hydrogen-bond donors (Lipinski definition) is 2. The predicted octanol–water partition coefficient (Wildman–Crippen LogP) is 2.20. The van der Waals surface area contributed by atoms with Crippen molar-refractivity contribution < 1.29 is 14.8 Å². The first-order chi connectivity index (χ1) is 7.16. The zero-order valence-corrected chi connectivity index (χ0v) is 9.42. The van der Waals surface area contributed by atoms with E-state index in [1.165, 1.54) is 0 Å². The first kappa shape index (κ1) is 14.1. The van der Waals surface area contributed by atoms with E-state index in [-0.39, 0.29) is 11.7 Å². The molecule has 0 spiro atoms. The van der Waals surface area contributed by atoms with Crippen LogP contribution in [0.4, 0.5) is 0 Å². The Kier molecular flexibility index (Phi) is 9.07. The quantitative estimate of drug-likeness (QED) is 0.352. The number of carbonyl (C=O) groups is 2. The van der Waals surface area contributed by atoms with E-state index >= 15 is 0 Å². The van der Waals surface area contributed by atoms with Gasteiger partial charge < -0.3 is 4.79 Å². The van der Waals surface area contributed by atoms with Crippen LogP contribution in [0.3, 0.4) is 0 Å². The average Bonchev–Trinajstić information content (AvgIpc) is 2.21. The van der Waals surface area contributed by atoms with Crippen molar-refractivity contribution in [3.05, 3.63) is 0 Å². The standard InChI is InChI=1S/C11H21NO3/c1-10(13)8-6-4-2-3-5-7-9-11(14)12-15/h15H,2-9H2,1H3,(H,12,14). The van der Waals surface area contributed by atoms with Crippen molar-refractivity contribution >= 4 is 11.7 Å². The molecular weight excluding hydrogens is 194 g/mol. The van der Waals surface area contributed by atoms with Crippen molar-refractivity contribution in [2.45, 2.75) is 58.3 Å². The lowest BCUT2D eigenvalue weighted by molar-refractivity contribution is -0.129. The van der Waals surface area contributed by atoms with Gasteiger partial charge in [-0.3, -0.25) is 10.0 Å². The van der Waals surface area contributed by atoms with E-state index in [1.54, 1.807) is 12.4 Å². The van der Waals surface area contributed by atoms with Crippen molar-refractivity contribution in [1.82, 2.24) is 5.48 Å². The summed E-state index contributed by atoms with van der Waals surface area (Å²) in [5.41, 5.74) is 1.61. The summed E-state index contributed by atoms with van der Waals surface area (Å²) in [6, 6.07) is 0. The number of carbonyl (C=O) groups excluding carboxylic acids is 2. The van der Waals surface area contributed by atoms with E-state index in [0.29, 0.717) is 12.8 Å². The van der Waals surface area contributed by atoms with Crippen LogP contribution in [0.5, 0.6) is 0 Å². The fourth-order valence-corrected chi connectivity index (χ4v) is 1.42. The van der Waals surface area contributed by atoms with E-state index in [2.05, 4.69) is 0 Å². The second-order valence-electron chi connectivity index (χ2n) is 3.86. The highest BCUT2D eigenvalue weighted by Crippen LogP contribution is 2.08. The molecule has 0 aromatic carbocycles. The van der Waals surface area contributed by atoms with Gasteiger partial charge in [-0.25, -0.2) is 5.48 Å². The van der Waals surface area contributed by atoms with E-state index < -0.39 is 0 Å². The minimum atomic E-state index is -0.313. The molecule has 2 N–H and O–H groups in total. The van der Waals surface area contributed by atoms with Crippen LogP contribution in [0.25, 0.3) is 0 Å². The van der Waals surface area contributed by atoms with E-state index in [0.717, 1.165) is 38.5 Å². The molecule has 0 fully saturated rings. The predicted molar refractivity (Wildman–Crippen MR) is 57.5 cm³/mol. The maximum atomic E-state index is 10.6. The van der Waals surface area contributed by atoms with Crippen molar-refractivity contribution in [1.29, 1.82) is 0 Å². The van der Waals surface area contributed by atoms with Crippen molar-refractivity contribution in [3.8, 4) is 0 Å². The monoisotopic (exact) mass is 215 g/mol. The van der Waals surface area contributed by atoms with E-state index in [9.17, 15) is 9.59 Å². The molecule has 0 aliphatic rings. The summed E-state index contributed by atoms with van der Waals surface area (Å²) in [7, 11) is 0. The Morgan fingerprint density at radius 3 is 1.87 bits per heavy atom. The summed E-state index contributed by atoms with van der Waals surface area (Å²) in [4.78, 5) is 21.2. The zero-order chi connectivity index (χ0) is 11.5. The third-order valence-corrected chi connectivity index (χ3v) is 2.31. The van der Waals surface area contributed by atoms with Gasteiger partial charge in [0.2, 0.25) is 5.91 Å². The highest BCUT2D eigenvalue weighted by atomic mass is 16.5. The Morgan fingerprint density at radius 2 is 1.40 bits per heavy atom. The molecule has 0 aromatic rings. The van der Waals surface area contributed by atoms with Crippen LogP contribution < -0.4 is 5.48 Å². The molecule has 4 heteroatoms. The number of ketones is 1. The fourth-order valence-electron chi connectivity index (χ4n) is 1.42. The fraction of sp³-hybridized carbons (Fsp3) is 0.818. The van der Waals surface area contributed by atoms with E-state index in [1.807, 2.05) is 0 Å². The lowest BCUT2D eigenvalue weighted by Crippen LogP contribution is -2.17. The van der Waals surface area contributed by atoms with Crippen LogP contribution in [-0.4, -0.2) is 16.9 Å². The van der Waals surface area contributed by atoms with Crippen LogP contribution in [-0.2, 0) is 9.59 Å². The highest BCUT2D eigenvalue weighted by molar-refractivity contribution is 5.75. The molecule has 0 aliphatic heterocycles. The minimum Gasteiger partial charge on any atom is -0.300 e. The zero-order valence-electron chi connectivity index (χ0n) is 9.42. The number of hydrogen-bond acceptors (Lipinski definition) is 3. The smallest absolute Gasteiger partial charge is 0.243 e. The Morgan fingerprint density at radius 1 is 0.933 bits per heavy atom. The summed E-state index contributed by atoms with van der Waals surface area (Å²) in [5, 5.41) is 8.23. The van der Waals surface area contributed by atoms with Gasteiger partial charge in [-0.1, -0.05) is 25.7 Å². The van der Waals surface area contributed by atoms with Crippen molar-refractivity contribution in [2.75, 3.05) is 0 Å². The second kappa shape index (κ2) is 9.65. The van der Waals surface area contributed by atoms with Crippen molar-refractivity contribution in [2.24, 2.45) is 0 Å². The third-order valence-electron chi connectivity index (χ3n) is 2.31. The van der Waals surface area contributed by atoms with Crippen LogP contribution in [0.1, 0.15) is 58.3 Å².